The van der Waals surface area contributed by atoms with Crippen LogP contribution in [0.15, 0.2) is 24.3 Å². The van der Waals surface area contributed by atoms with Crippen LogP contribution in [0.5, 0.6) is 5.75 Å². The van der Waals surface area contributed by atoms with Crippen molar-refractivity contribution in [1.29, 1.82) is 0 Å². The minimum absolute atomic E-state index is 0.0324. The lowest BCUT2D eigenvalue weighted by molar-refractivity contribution is -0.133. The summed E-state index contributed by atoms with van der Waals surface area (Å²) >= 11 is 0. The van der Waals surface area contributed by atoms with Gasteiger partial charge in [0.05, 0.1) is 7.11 Å². The second-order valence-corrected chi connectivity index (χ2v) is 5.79. The van der Waals surface area contributed by atoms with Crippen molar-refractivity contribution in [2.45, 2.75) is 38.1 Å². The molecule has 2 rings (SSSR count). The first-order chi connectivity index (χ1) is 11.1. The number of hydrogen-bond acceptors (Lipinski definition) is 4. The van der Waals surface area contributed by atoms with Gasteiger partial charge in [0.2, 0.25) is 5.91 Å². The van der Waals surface area contributed by atoms with Gasteiger partial charge >= 0.3 is 6.09 Å². The molecule has 0 aliphatic carbocycles. The van der Waals surface area contributed by atoms with E-state index in [9.17, 15) is 14.7 Å². The number of aromatic hydroxyl groups is 1. The number of piperidine rings is 1. The smallest absolute Gasteiger partial charge is 0.407 e. The summed E-state index contributed by atoms with van der Waals surface area (Å²) in [5.74, 6) is 0.192. The SMILES string of the molecule is COC(=O)NCC(=O)N1CCCC[C@H]1CCc1cccc(O)c1. The van der Waals surface area contributed by atoms with Crippen LogP contribution < -0.4 is 5.32 Å². The van der Waals surface area contributed by atoms with Gasteiger partial charge in [0.15, 0.2) is 0 Å². The summed E-state index contributed by atoms with van der Waals surface area (Å²) < 4.78 is 4.49. The summed E-state index contributed by atoms with van der Waals surface area (Å²) in [5.41, 5.74) is 1.07. The molecule has 1 aromatic carbocycles. The van der Waals surface area contributed by atoms with Crippen LogP contribution >= 0.6 is 0 Å². The number of methoxy groups -OCH3 is 1. The molecular weight excluding hydrogens is 296 g/mol. The van der Waals surface area contributed by atoms with Crippen molar-refractivity contribution in [2.75, 3.05) is 20.2 Å². The monoisotopic (exact) mass is 320 g/mol. The van der Waals surface area contributed by atoms with Crippen molar-refractivity contribution in [3.05, 3.63) is 29.8 Å². The van der Waals surface area contributed by atoms with E-state index in [4.69, 9.17) is 0 Å². The molecule has 0 saturated carbocycles. The third-order valence-electron chi connectivity index (χ3n) is 4.19. The first-order valence-corrected chi connectivity index (χ1v) is 7.99. The van der Waals surface area contributed by atoms with E-state index >= 15 is 0 Å². The Labute approximate surface area is 136 Å². The Morgan fingerprint density at radius 2 is 2.22 bits per heavy atom. The molecular formula is C17H24N2O4. The summed E-state index contributed by atoms with van der Waals surface area (Å²) in [4.78, 5) is 25.3. The number of carbonyl (C=O) groups is 2. The second kappa shape index (κ2) is 8.41. The van der Waals surface area contributed by atoms with Crippen LogP contribution in [0.1, 0.15) is 31.2 Å². The molecule has 6 nitrogen and oxygen atoms in total. The molecule has 126 valence electrons. The first kappa shape index (κ1) is 17.1. The molecule has 2 amide bonds. The van der Waals surface area contributed by atoms with Crippen LogP contribution in [0.25, 0.3) is 0 Å². The molecule has 0 spiro atoms. The van der Waals surface area contributed by atoms with E-state index in [-0.39, 0.29) is 24.2 Å². The number of amides is 2. The fraction of sp³-hybridized carbons (Fsp3) is 0.529. The van der Waals surface area contributed by atoms with Crippen LogP contribution in [-0.4, -0.2) is 48.2 Å². The molecule has 1 atom stereocenters. The standard InChI is InChI=1S/C17H24N2O4/c1-23-17(22)18-12-16(21)19-10-3-2-6-14(19)9-8-13-5-4-7-15(20)11-13/h4-5,7,11,14,20H,2-3,6,8-10,12H2,1H3,(H,18,22)/t14-/m0/s1. The van der Waals surface area contributed by atoms with E-state index in [2.05, 4.69) is 10.1 Å². The van der Waals surface area contributed by atoms with Gasteiger partial charge in [0.25, 0.3) is 0 Å². The number of phenolic OH excluding ortho intramolecular Hbond substituents is 1. The minimum atomic E-state index is -0.591. The zero-order valence-electron chi connectivity index (χ0n) is 13.5. The lowest BCUT2D eigenvalue weighted by Crippen LogP contribution is -2.48. The molecule has 1 heterocycles. The quantitative estimate of drug-likeness (QED) is 0.870. The van der Waals surface area contributed by atoms with Crippen LogP contribution in [0.3, 0.4) is 0 Å². The molecule has 1 aromatic rings. The van der Waals surface area contributed by atoms with Gasteiger partial charge in [-0.15, -0.1) is 0 Å². The fourth-order valence-electron chi connectivity index (χ4n) is 3.00. The molecule has 0 radical (unpaired) electrons. The van der Waals surface area contributed by atoms with Gasteiger partial charge in [-0.2, -0.15) is 0 Å². The Kier molecular flexibility index (Phi) is 6.26. The van der Waals surface area contributed by atoms with E-state index in [1.165, 1.54) is 7.11 Å². The van der Waals surface area contributed by atoms with E-state index in [0.29, 0.717) is 0 Å². The van der Waals surface area contributed by atoms with Crippen LogP contribution in [0.4, 0.5) is 4.79 Å². The maximum absolute atomic E-state index is 12.3. The van der Waals surface area contributed by atoms with Crippen molar-refractivity contribution in [2.24, 2.45) is 0 Å². The van der Waals surface area contributed by atoms with Crippen molar-refractivity contribution in [1.82, 2.24) is 10.2 Å². The van der Waals surface area contributed by atoms with E-state index < -0.39 is 6.09 Å². The Morgan fingerprint density at radius 3 is 2.96 bits per heavy atom. The molecule has 6 heteroatoms. The van der Waals surface area contributed by atoms with Crippen molar-refractivity contribution in [3.8, 4) is 5.75 Å². The average molecular weight is 320 g/mol. The van der Waals surface area contributed by atoms with Crippen LogP contribution in [-0.2, 0) is 16.0 Å². The molecule has 1 aliphatic rings. The third kappa shape index (κ3) is 5.16. The number of rotatable bonds is 5. The van der Waals surface area contributed by atoms with E-state index in [0.717, 1.165) is 44.2 Å². The highest BCUT2D eigenvalue weighted by molar-refractivity contribution is 5.82. The van der Waals surface area contributed by atoms with Crippen molar-refractivity contribution in [3.63, 3.8) is 0 Å². The molecule has 1 saturated heterocycles. The minimum Gasteiger partial charge on any atom is -0.508 e. The number of hydrogen-bond donors (Lipinski definition) is 2. The van der Waals surface area contributed by atoms with Crippen LogP contribution in [0.2, 0.25) is 0 Å². The number of benzene rings is 1. The largest absolute Gasteiger partial charge is 0.508 e. The van der Waals surface area contributed by atoms with Gasteiger partial charge in [0.1, 0.15) is 12.3 Å². The zero-order chi connectivity index (χ0) is 16.7. The number of nitrogens with one attached hydrogen (secondary N) is 1. The third-order valence-corrected chi connectivity index (χ3v) is 4.19. The number of carbonyl (C=O) groups excluding carboxylic acids is 2. The lowest BCUT2D eigenvalue weighted by atomic mass is 9.95. The van der Waals surface area contributed by atoms with Crippen molar-refractivity contribution >= 4 is 12.0 Å². The average Bonchev–Trinajstić information content (AvgIpc) is 2.58. The van der Waals surface area contributed by atoms with E-state index in [1.807, 2.05) is 17.0 Å². The summed E-state index contributed by atoms with van der Waals surface area (Å²) in [6, 6.07) is 7.40. The molecule has 1 aliphatic heterocycles. The number of phenols is 1. The molecule has 23 heavy (non-hydrogen) atoms. The van der Waals surface area contributed by atoms with E-state index in [1.54, 1.807) is 12.1 Å². The van der Waals surface area contributed by atoms with Gasteiger partial charge in [-0.1, -0.05) is 12.1 Å². The summed E-state index contributed by atoms with van der Waals surface area (Å²) in [6.45, 7) is 0.696. The molecule has 0 aromatic heterocycles. The fourth-order valence-corrected chi connectivity index (χ4v) is 3.00. The highest BCUT2D eigenvalue weighted by atomic mass is 16.5. The Balaban J connectivity index is 1.90. The summed E-state index contributed by atoms with van der Waals surface area (Å²) in [7, 11) is 1.28. The topological polar surface area (TPSA) is 78.9 Å². The number of nitrogens with zero attached hydrogens (tertiary/aromatic N) is 1. The van der Waals surface area contributed by atoms with Gasteiger partial charge in [0, 0.05) is 12.6 Å². The second-order valence-electron chi connectivity index (χ2n) is 5.79. The highest BCUT2D eigenvalue weighted by Crippen LogP contribution is 2.22. The molecule has 1 fully saturated rings. The normalized spacial score (nSPS) is 17.6. The first-order valence-electron chi connectivity index (χ1n) is 7.99. The maximum atomic E-state index is 12.3. The van der Waals surface area contributed by atoms with Crippen LogP contribution in [0, 0.1) is 0 Å². The Bertz CT molecular complexity index is 547. The van der Waals surface area contributed by atoms with Gasteiger partial charge < -0.3 is 20.1 Å². The molecule has 0 unspecified atom stereocenters. The number of alkyl carbamates (subject to hydrolysis) is 1. The Hall–Kier alpha value is -2.24. The van der Waals surface area contributed by atoms with Gasteiger partial charge in [-0.05, 0) is 49.8 Å². The van der Waals surface area contributed by atoms with Crippen molar-refractivity contribution < 1.29 is 19.4 Å². The number of ether oxygens (including phenoxy) is 1. The number of likely N-dealkylation sites (tertiary alicyclic amines) is 1. The summed E-state index contributed by atoms with van der Waals surface area (Å²) in [5, 5.41) is 12.0. The predicted molar refractivity (Wildman–Crippen MR) is 86.2 cm³/mol. The molecule has 2 N–H and O–H groups in total. The predicted octanol–water partition coefficient (Wildman–Crippen LogP) is 2.06. The number of aryl methyl sites for hydroxylation is 1. The Morgan fingerprint density at radius 1 is 1.39 bits per heavy atom. The van der Waals surface area contributed by atoms with Gasteiger partial charge in [-0.3, -0.25) is 4.79 Å². The zero-order valence-corrected chi connectivity index (χ0v) is 13.5. The maximum Gasteiger partial charge on any atom is 0.407 e. The van der Waals surface area contributed by atoms with Gasteiger partial charge in [-0.25, -0.2) is 4.79 Å². The highest BCUT2D eigenvalue weighted by Gasteiger charge is 2.26. The lowest BCUT2D eigenvalue weighted by Gasteiger charge is -2.36. The molecule has 0 bridgehead atoms. The summed E-state index contributed by atoms with van der Waals surface area (Å²) in [6.07, 6.45) is 4.15.